The molecule has 1 aromatic heterocycles. The van der Waals surface area contributed by atoms with Crippen LogP contribution in [0.25, 0.3) is 11.1 Å². The Morgan fingerprint density at radius 1 is 0.957 bits per heavy atom. The number of alkyl halides is 6. The molecule has 14 heteroatoms. The number of aryl methyl sites for hydroxylation is 1. The van der Waals surface area contributed by atoms with Crippen LogP contribution in [0.1, 0.15) is 49.4 Å². The Labute approximate surface area is 260 Å². The average Bonchev–Trinajstić information content (AvgIpc) is 3.34. The smallest absolute Gasteiger partial charge is 0.416 e. The molecule has 0 aliphatic carbocycles. The van der Waals surface area contributed by atoms with Gasteiger partial charge in [-0.25, -0.2) is 9.37 Å². The standard InChI is InChI=1S/C32H30F7N3O4/c1-17-8-22(33)6-7-25(17)26-13-28(42-15-24(44)12-23(42)16-46-18(2)43)40-14-27(26)41(5)29(45)30(3,4)19-9-20(31(34,35)36)11-21(10-19)32(37,38)39/h6-11,13-14,23H,12,15-16H2,1-5H3/t23-/m0/s1. The molecule has 7 nitrogen and oxygen atoms in total. The van der Waals surface area contributed by atoms with Gasteiger partial charge >= 0.3 is 18.3 Å². The minimum Gasteiger partial charge on any atom is -0.464 e. The zero-order valence-corrected chi connectivity index (χ0v) is 25.4. The lowest BCUT2D eigenvalue weighted by Gasteiger charge is -2.32. The number of ketones is 1. The van der Waals surface area contributed by atoms with Gasteiger partial charge in [0.2, 0.25) is 5.91 Å². The van der Waals surface area contributed by atoms with Crippen LogP contribution in [0.3, 0.4) is 0 Å². The first-order valence-electron chi connectivity index (χ1n) is 14.0. The van der Waals surface area contributed by atoms with Crippen LogP contribution in [0.15, 0.2) is 48.7 Å². The molecule has 0 saturated carbocycles. The van der Waals surface area contributed by atoms with Crippen LogP contribution >= 0.6 is 0 Å². The molecule has 1 amide bonds. The van der Waals surface area contributed by atoms with E-state index in [1.165, 1.54) is 58.3 Å². The second-order valence-corrected chi connectivity index (χ2v) is 11.6. The number of nitrogens with zero attached hydrogens (tertiary/aromatic N) is 3. The number of likely N-dealkylation sites (N-methyl/N-ethyl adjacent to an activating group) is 1. The molecule has 1 atom stereocenters. The Hall–Kier alpha value is -4.49. The fraction of sp³-hybridized carbons (Fsp3) is 0.375. The van der Waals surface area contributed by atoms with E-state index in [9.17, 15) is 45.1 Å². The number of ether oxygens (including phenoxy) is 1. The topological polar surface area (TPSA) is 79.8 Å². The second-order valence-electron chi connectivity index (χ2n) is 11.6. The zero-order chi connectivity index (χ0) is 34.4. The van der Waals surface area contributed by atoms with Gasteiger partial charge in [0.05, 0.1) is 41.0 Å². The number of anilines is 2. The molecule has 0 unspecified atom stereocenters. The summed E-state index contributed by atoms with van der Waals surface area (Å²) in [4.78, 5) is 44.8. The Morgan fingerprint density at radius 3 is 2.09 bits per heavy atom. The maximum atomic E-state index is 14.1. The van der Waals surface area contributed by atoms with Gasteiger partial charge in [0.1, 0.15) is 18.2 Å². The number of carbonyl (C=O) groups excluding carboxylic acids is 3. The maximum Gasteiger partial charge on any atom is 0.416 e. The molecule has 1 aliphatic heterocycles. The van der Waals surface area contributed by atoms with Gasteiger partial charge in [-0.05, 0) is 73.9 Å². The van der Waals surface area contributed by atoms with Crippen molar-refractivity contribution in [2.75, 3.05) is 30.0 Å². The molecule has 4 rings (SSSR count). The van der Waals surface area contributed by atoms with E-state index in [1.54, 1.807) is 11.8 Å². The molecule has 46 heavy (non-hydrogen) atoms. The molecule has 0 radical (unpaired) electrons. The fourth-order valence-corrected chi connectivity index (χ4v) is 5.36. The largest absolute Gasteiger partial charge is 0.464 e. The quantitative estimate of drug-likeness (QED) is 0.204. The summed E-state index contributed by atoms with van der Waals surface area (Å²) in [6, 6.07) is 5.89. The summed E-state index contributed by atoms with van der Waals surface area (Å²) in [6.45, 7) is 5.10. The Kier molecular flexibility index (Phi) is 9.24. The van der Waals surface area contributed by atoms with Crippen molar-refractivity contribution in [3.05, 3.63) is 76.7 Å². The first-order valence-corrected chi connectivity index (χ1v) is 14.0. The lowest BCUT2D eigenvalue weighted by atomic mass is 9.81. The Bertz CT molecular complexity index is 1650. The van der Waals surface area contributed by atoms with E-state index in [0.29, 0.717) is 28.8 Å². The number of amides is 1. The van der Waals surface area contributed by atoms with E-state index < -0.39 is 58.2 Å². The van der Waals surface area contributed by atoms with Gasteiger partial charge < -0.3 is 14.5 Å². The highest BCUT2D eigenvalue weighted by atomic mass is 19.4. The average molecular weight is 654 g/mol. The van der Waals surface area contributed by atoms with Gasteiger partial charge in [0.25, 0.3) is 0 Å². The second kappa shape index (κ2) is 12.4. The van der Waals surface area contributed by atoms with Gasteiger partial charge in [0.15, 0.2) is 5.78 Å². The molecule has 3 aromatic rings. The number of aromatic nitrogens is 1. The monoisotopic (exact) mass is 653 g/mol. The zero-order valence-electron chi connectivity index (χ0n) is 25.4. The van der Waals surface area contributed by atoms with Crippen LogP contribution in [0, 0.1) is 12.7 Å². The number of carbonyl (C=O) groups is 3. The third-order valence-corrected chi connectivity index (χ3v) is 7.88. The van der Waals surface area contributed by atoms with Crippen LogP contribution in [-0.2, 0) is 36.9 Å². The van der Waals surface area contributed by atoms with Crippen molar-refractivity contribution >= 4 is 29.2 Å². The predicted octanol–water partition coefficient (Wildman–Crippen LogP) is 6.89. The number of pyridine rings is 1. The van der Waals surface area contributed by atoms with Crippen LogP contribution in [0.5, 0.6) is 0 Å². The highest BCUT2D eigenvalue weighted by Gasteiger charge is 2.41. The van der Waals surface area contributed by atoms with Crippen molar-refractivity contribution in [3.8, 4) is 11.1 Å². The van der Waals surface area contributed by atoms with Crippen molar-refractivity contribution in [2.45, 2.75) is 57.9 Å². The molecule has 1 fully saturated rings. The summed E-state index contributed by atoms with van der Waals surface area (Å²) in [6.07, 6.45) is -8.87. The SMILES string of the molecule is CC(=O)OC[C@@H]1CC(=O)CN1c1cc(-c2ccc(F)cc2C)c(N(C)C(=O)C(C)(C)c2cc(C(F)(F)F)cc(C(F)(F)F)c2)cn1. The molecular formula is C32H30F7N3O4. The summed E-state index contributed by atoms with van der Waals surface area (Å²) in [7, 11) is 1.30. The van der Waals surface area contributed by atoms with Gasteiger partial charge in [-0.3, -0.25) is 14.4 Å². The number of rotatable bonds is 7. The maximum absolute atomic E-state index is 14.1. The third-order valence-electron chi connectivity index (χ3n) is 7.88. The summed E-state index contributed by atoms with van der Waals surface area (Å²) in [5, 5.41) is 0. The summed E-state index contributed by atoms with van der Waals surface area (Å²) in [5.41, 5.74) is -4.21. The van der Waals surface area contributed by atoms with Gasteiger partial charge in [-0.15, -0.1) is 0 Å². The first kappa shape index (κ1) is 34.4. The van der Waals surface area contributed by atoms with E-state index in [4.69, 9.17) is 4.74 Å². The number of hydrogen-bond acceptors (Lipinski definition) is 6. The Balaban J connectivity index is 1.83. The molecule has 246 valence electrons. The van der Waals surface area contributed by atoms with E-state index >= 15 is 0 Å². The van der Waals surface area contributed by atoms with E-state index in [0.717, 1.165) is 4.90 Å². The lowest BCUT2D eigenvalue weighted by molar-refractivity contribution is -0.144. The van der Waals surface area contributed by atoms with Crippen molar-refractivity contribution in [2.24, 2.45) is 0 Å². The van der Waals surface area contributed by atoms with Gasteiger partial charge in [-0.2, -0.15) is 26.3 Å². The van der Waals surface area contributed by atoms with Crippen molar-refractivity contribution in [1.82, 2.24) is 4.98 Å². The first-order chi connectivity index (χ1) is 21.2. The van der Waals surface area contributed by atoms with Crippen molar-refractivity contribution < 1.29 is 49.9 Å². The number of hydrogen-bond donors (Lipinski definition) is 0. The minimum absolute atomic E-state index is 0.0103. The molecule has 2 aromatic carbocycles. The van der Waals surface area contributed by atoms with E-state index in [-0.39, 0.29) is 42.9 Å². The van der Waals surface area contributed by atoms with Gasteiger partial charge in [-0.1, -0.05) is 6.07 Å². The number of benzene rings is 2. The van der Waals surface area contributed by atoms with E-state index in [1.807, 2.05) is 0 Å². The number of Topliss-reactive ketones (excluding diaryl/α,β-unsaturated/α-hetero) is 1. The highest BCUT2D eigenvalue weighted by Crippen LogP contribution is 2.41. The van der Waals surface area contributed by atoms with Crippen molar-refractivity contribution in [1.29, 1.82) is 0 Å². The molecule has 1 saturated heterocycles. The summed E-state index contributed by atoms with van der Waals surface area (Å²) >= 11 is 0. The molecule has 0 spiro atoms. The van der Waals surface area contributed by atoms with Crippen LogP contribution in [0.4, 0.5) is 42.2 Å². The third kappa shape index (κ3) is 7.15. The van der Waals surface area contributed by atoms with E-state index in [2.05, 4.69) is 4.98 Å². The highest BCUT2D eigenvalue weighted by molar-refractivity contribution is 6.03. The molecule has 2 heterocycles. The summed E-state index contributed by atoms with van der Waals surface area (Å²) in [5.74, 6) is -1.83. The molecule has 1 aliphatic rings. The van der Waals surface area contributed by atoms with Crippen molar-refractivity contribution in [3.63, 3.8) is 0 Å². The summed E-state index contributed by atoms with van der Waals surface area (Å²) < 4.78 is 101. The normalized spacial score (nSPS) is 15.7. The lowest BCUT2D eigenvalue weighted by Crippen LogP contribution is -2.42. The van der Waals surface area contributed by atoms with Crippen LogP contribution in [0.2, 0.25) is 0 Å². The van der Waals surface area contributed by atoms with Crippen LogP contribution in [-0.4, -0.2) is 48.9 Å². The molecular weight excluding hydrogens is 623 g/mol. The molecule has 0 bridgehead atoms. The van der Waals surface area contributed by atoms with Gasteiger partial charge in [0, 0.05) is 26.0 Å². The number of esters is 1. The van der Waals surface area contributed by atoms with Crippen LogP contribution < -0.4 is 9.80 Å². The minimum atomic E-state index is -5.11. The fourth-order valence-electron chi connectivity index (χ4n) is 5.36. The molecule has 0 N–H and O–H groups in total. The Morgan fingerprint density at radius 2 is 1.54 bits per heavy atom. The number of halogens is 7. The predicted molar refractivity (Wildman–Crippen MR) is 155 cm³/mol.